The Morgan fingerprint density at radius 3 is 2.31 bits per heavy atom. The first-order chi connectivity index (χ1) is 16.9. The van der Waals surface area contributed by atoms with Crippen LogP contribution < -0.4 is 25.2 Å². The lowest BCUT2D eigenvalue weighted by Crippen LogP contribution is -2.42. The molecule has 0 amide bonds. The number of hydrogen-bond donors (Lipinski definition) is 2. The summed E-state index contributed by atoms with van der Waals surface area (Å²) >= 11 is 0. The average molecular weight is 509 g/mol. The van der Waals surface area contributed by atoms with Crippen LogP contribution in [0.2, 0.25) is 0 Å². The van der Waals surface area contributed by atoms with Gasteiger partial charge in [0.1, 0.15) is 5.82 Å². The van der Waals surface area contributed by atoms with Crippen molar-refractivity contribution in [2.24, 2.45) is 16.3 Å². The number of ketones is 1. The van der Waals surface area contributed by atoms with Crippen LogP contribution in [-0.4, -0.2) is 28.4 Å². The van der Waals surface area contributed by atoms with E-state index < -0.39 is 15.9 Å². The highest BCUT2D eigenvalue weighted by Crippen LogP contribution is 2.52. The number of nitrogens with two attached hydrogens (primary N) is 2. The van der Waals surface area contributed by atoms with Gasteiger partial charge in [0.05, 0.1) is 36.7 Å². The minimum Gasteiger partial charge on any atom is -0.493 e. The summed E-state index contributed by atoms with van der Waals surface area (Å²) in [7, 11) is -0.874. The molecule has 188 valence electrons. The first kappa shape index (κ1) is 25.3. The molecule has 1 atom stereocenters. The van der Waals surface area contributed by atoms with Gasteiger partial charge in [-0.1, -0.05) is 26.0 Å². The van der Waals surface area contributed by atoms with Crippen molar-refractivity contribution >= 4 is 21.5 Å². The third kappa shape index (κ3) is 4.21. The van der Waals surface area contributed by atoms with Crippen molar-refractivity contribution in [2.45, 2.75) is 37.5 Å². The van der Waals surface area contributed by atoms with Gasteiger partial charge in [0.2, 0.25) is 10.0 Å². The number of anilines is 1. The van der Waals surface area contributed by atoms with Gasteiger partial charge in [-0.05, 0) is 42.2 Å². The van der Waals surface area contributed by atoms with Gasteiger partial charge in [0.15, 0.2) is 17.3 Å². The first-order valence-electron chi connectivity index (χ1n) is 11.2. The monoisotopic (exact) mass is 508 g/mol. The number of sulfonamides is 1. The summed E-state index contributed by atoms with van der Waals surface area (Å²) in [5, 5.41) is 15.5. The number of nitriles is 1. The highest BCUT2D eigenvalue weighted by atomic mass is 32.2. The van der Waals surface area contributed by atoms with E-state index in [9.17, 15) is 18.5 Å². The van der Waals surface area contributed by atoms with E-state index in [2.05, 4.69) is 6.07 Å². The van der Waals surface area contributed by atoms with Gasteiger partial charge < -0.3 is 15.2 Å². The van der Waals surface area contributed by atoms with Crippen LogP contribution in [0.5, 0.6) is 11.5 Å². The van der Waals surface area contributed by atoms with Crippen LogP contribution in [0.1, 0.15) is 38.2 Å². The summed E-state index contributed by atoms with van der Waals surface area (Å²) in [6, 6.07) is 13.4. The molecule has 36 heavy (non-hydrogen) atoms. The fourth-order valence-corrected chi connectivity index (χ4v) is 5.55. The Morgan fingerprint density at radius 2 is 1.75 bits per heavy atom. The predicted molar refractivity (Wildman–Crippen MR) is 134 cm³/mol. The third-order valence-corrected chi connectivity index (χ3v) is 7.48. The van der Waals surface area contributed by atoms with Crippen molar-refractivity contribution in [3.63, 3.8) is 0 Å². The summed E-state index contributed by atoms with van der Waals surface area (Å²) in [5.41, 5.74) is 8.70. The minimum absolute atomic E-state index is 0.0560. The van der Waals surface area contributed by atoms with Crippen molar-refractivity contribution in [3.05, 3.63) is 70.7 Å². The molecule has 0 fully saturated rings. The number of allylic oxidation sites excluding steroid dienone is 3. The van der Waals surface area contributed by atoms with Gasteiger partial charge >= 0.3 is 0 Å². The molecule has 0 spiro atoms. The molecule has 0 radical (unpaired) electrons. The molecular formula is C26H28N4O5S. The minimum atomic E-state index is -3.90. The van der Waals surface area contributed by atoms with Gasteiger partial charge in [0, 0.05) is 28.9 Å². The van der Waals surface area contributed by atoms with E-state index in [1.807, 2.05) is 13.8 Å². The van der Waals surface area contributed by atoms with Gasteiger partial charge in [-0.25, -0.2) is 13.6 Å². The Balaban J connectivity index is 2.01. The second-order valence-electron chi connectivity index (χ2n) is 9.60. The van der Waals surface area contributed by atoms with Gasteiger partial charge in [-0.15, -0.1) is 0 Å². The fraction of sp³-hybridized carbons (Fsp3) is 0.308. The van der Waals surface area contributed by atoms with E-state index in [1.165, 1.54) is 26.4 Å². The largest absolute Gasteiger partial charge is 0.493 e. The van der Waals surface area contributed by atoms with Crippen LogP contribution in [0.15, 0.2) is 70.0 Å². The average Bonchev–Trinajstić information content (AvgIpc) is 2.81. The molecule has 10 heteroatoms. The number of carbonyl (C=O) groups is 1. The Kier molecular flexibility index (Phi) is 6.32. The van der Waals surface area contributed by atoms with Gasteiger partial charge in [-0.2, -0.15) is 5.26 Å². The highest BCUT2D eigenvalue weighted by Gasteiger charge is 2.45. The van der Waals surface area contributed by atoms with Gasteiger partial charge in [0.25, 0.3) is 0 Å². The number of benzene rings is 2. The van der Waals surface area contributed by atoms with E-state index in [0.29, 0.717) is 46.9 Å². The van der Waals surface area contributed by atoms with Crippen LogP contribution in [0, 0.1) is 16.7 Å². The zero-order valence-corrected chi connectivity index (χ0v) is 21.3. The number of primary sulfonamides is 1. The number of Topliss-reactive ketones (excluding diaryl/α,β-unsaturated/α-hetero) is 1. The van der Waals surface area contributed by atoms with Crippen molar-refractivity contribution in [3.8, 4) is 17.6 Å². The van der Waals surface area contributed by atoms with E-state index in [0.717, 1.165) is 0 Å². The predicted octanol–water partition coefficient (Wildman–Crippen LogP) is 3.29. The number of carbonyl (C=O) groups excluding carboxylic acids is 1. The quantitative estimate of drug-likeness (QED) is 0.625. The number of rotatable bonds is 5. The second-order valence-corrected chi connectivity index (χ2v) is 11.2. The Morgan fingerprint density at radius 1 is 1.08 bits per heavy atom. The summed E-state index contributed by atoms with van der Waals surface area (Å²) in [5.74, 6) is 0.194. The lowest BCUT2D eigenvalue weighted by atomic mass is 9.68. The molecule has 0 saturated carbocycles. The normalized spacial score (nSPS) is 19.6. The number of para-hydroxylation sites is 1. The number of nitrogens with zero attached hydrogens (tertiary/aromatic N) is 2. The molecule has 2 aromatic rings. The molecule has 0 unspecified atom stereocenters. The zero-order valence-electron chi connectivity index (χ0n) is 20.5. The molecule has 4 rings (SSSR count). The molecule has 9 nitrogen and oxygen atoms in total. The molecule has 0 saturated heterocycles. The maximum atomic E-state index is 13.7. The summed E-state index contributed by atoms with van der Waals surface area (Å²) in [6.45, 7) is 4.00. The molecule has 0 aromatic heterocycles. The highest BCUT2D eigenvalue weighted by molar-refractivity contribution is 7.89. The van der Waals surface area contributed by atoms with E-state index in [1.54, 1.807) is 35.2 Å². The zero-order chi connectivity index (χ0) is 26.4. The number of ether oxygens (including phenoxy) is 2. The van der Waals surface area contributed by atoms with E-state index in [-0.39, 0.29) is 27.5 Å². The molecule has 1 heterocycles. The Labute approximate surface area is 210 Å². The first-order valence-corrected chi connectivity index (χ1v) is 12.8. The maximum absolute atomic E-state index is 13.7. The van der Waals surface area contributed by atoms with Crippen LogP contribution in [0.3, 0.4) is 0 Å². The second kappa shape index (κ2) is 9.00. The molecule has 2 aromatic carbocycles. The fourth-order valence-electron chi connectivity index (χ4n) is 5.04. The maximum Gasteiger partial charge on any atom is 0.238 e. The number of hydrogen-bond acceptors (Lipinski definition) is 8. The molecule has 1 aliphatic heterocycles. The Hall–Kier alpha value is -3.81. The molecule has 1 aliphatic carbocycles. The number of methoxy groups -OCH3 is 2. The van der Waals surface area contributed by atoms with Crippen molar-refractivity contribution < 1.29 is 22.7 Å². The van der Waals surface area contributed by atoms with Crippen molar-refractivity contribution in [2.75, 3.05) is 19.1 Å². The summed E-state index contributed by atoms with van der Waals surface area (Å²) in [4.78, 5) is 15.3. The Bertz CT molecular complexity index is 1450. The molecular weight excluding hydrogens is 480 g/mol. The smallest absolute Gasteiger partial charge is 0.238 e. The van der Waals surface area contributed by atoms with Crippen molar-refractivity contribution in [1.82, 2.24) is 0 Å². The summed E-state index contributed by atoms with van der Waals surface area (Å²) in [6.07, 6.45) is 0.804. The van der Waals surface area contributed by atoms with E-state index >= 15 is 0 Å². The lowest BCUT2D eigenvalue weighted by Gasteiger charge is -2.44. The molecule has 4 N–H and O–H groups in total. The van der Waals surface area contributed by atoms with Crippen LogP contribution in [0.4, 0.5) is 5.69 Å². The molecule has 0 bridgehead atoms. The summed E-state index contributed by atoms with van der Waals surface area (Å²) < 4.78 is 34.6. The van der Waals surface area contributed by atoms with Crippen LogP contribution in [0.25, 0.3) is 0 Å². The molecule has 2 aliphatic rings. The SMILES string of the molecule is COc1cccc([C@H]2C(C#N)=C(N)N(c3ccc(S(N)(=O)=O)cc3)C3=C2C(=O)CC(C)(C)C3)c1OC. The van der Waals surface area contributed by atoms with Crippen LogP contribution in [-0.2, 0) is 14.8 Å². The lowest BCUT2D eigenvalue weighted by molar-refractivity contribution is -0.118. The van der Waals surface area contributed by atoms with E-state index in [4.69, 9.17) is 20.3 Å². The van der Waals surface area contributed by atoms with Crippen molar-refractivity contribution in [1.29, 1.82) is 5.26 Å². The topological polar surface area (TPSA) is 149 Å². The van der Waals surface area contributed by atoms with Crippen LogP contribution >= 0.6 is 0 Å². The third-order valence-electron chi connectivity index (χ3n) is 6.55. The van der Waals surface area contributed by atoms with Gasteiger partial charge in [-0.3, -0.25) is 9.69 Å². The standard InChI is InChI=1S/C26H28N4O5S/c1-26(2)12-19-23(20(31)13-26)22(17-6-5-7-21(34-3)24(17)35-4)18(14-27)25(28)30(19)15-8-10-16(11-9-15)36(29,32)33/h5-11,22H,12-13,28H2,1-4H3,(H2,29,32,33)/t22-/m0/s1.